The van der Waals surface area contributed by atoms with Gasteiger partial charge >= 0.3 is 0 Å². The number of nitrogens with zero attached hydrogens (tertiary/aromatic N) is 5. The molecule has 0 amide bonds. The highest BCUT2D eigenvalue weighted by atomic mass is 16.5. The molecule has 0 saturated heterocycles. The number of hydrogen-bond acceptors (Lipinski definition) is 3. The molecule has 244 valence electrons. The molecule has 50 heavy (non-hydrogen) atoms. The standard InChI is InChI=1S/C44H37N5O/c1-26-12-9-17-37-38-18-10-13-27(2)43(38)48(42(26)37)41-28(3)25-45-44(31(41)6)47-39-19-8-7-16-35(39)36-21-20-34(24-40(36)47)50-33-15-11-14-32(23-33)49-30(5)22-29(4)46-49/h7-25H,1-6H3. The minimum atomic E-state index is 0.751. The molecular weight excluding hydrogens is 615 g/mol. The van der Waals surface area contributed by atoms with E-state index < -0.39 is 0 Å². The zero-order valence-corrected chi connectivity index (χ0v) is 29.1. The molecule has 5 aromatic carbocycles. The van der Waals surface area contributed by atoms with Crippen LogP contribution < -0.4 is 4.74 Å². The van der Waals surface area contributed by atoms with Gasteiger partial charge in [-0.15, -0.1) is 0 Å². The van der Waals surface area contributed by atoms with Crippen molar-refractivity contribution in [2.24, 2.45) is 0 Å². The molecule has 0 fully saturated rings. The first-order valence-electron chi connectivity index (χ1n) is 17.1. The third kappa shape index (κ3) is 4.48. The van der Waals surface area contributed by atoms with Gasteiger partial charge in [-0.2, -0.15) is 5.10 Å². The van der Waals surface area contributed by atoms with E-state index in [0.29, 0.717) is 0 Å². The van der Waals surface area contributed by atoms with Gasteiger partial charge in [-0.25, -0.2) is 9.67 Å². The minimum absolute atomic E-state index is 0.751. The monoisotopic (exact) mass is 651 g/mol. The molecule has 4 heterocycles. The Morgan fingerprint density at radius 1 is 0.540 bits per heavy atom. The van der Waals surface area contributed by atoms with Crippen molar-refractivity contribution in [1.29, 1.82) is 0 Å². The van der Waals surface area contributed by atoms with E-state index in [4.69, 9.17) is 9.72 Å². The van der Waals surface area contributed by atoms with Crippen LogP contribution in [0.1, 0.15) is 33.6 Å². The Hall–Kier alpha value is -6.14. The van der Waals surface area contributed by atoms with Crippen LogP contribution in [-0.4, -0.2) is 23.9 Å². The Labute approximate surface area is 290 Å². The van der Waals surface area contributed by atoms with E-state index in [1.165, 1.54) is 38.3 Å². The van der Waals surface area contributed by atoms with Crippen LogP contribution in [0, 0.1) is 41.5 Å². The first-order chi connectivity index (χ1) is 24.3. The van der Waals surface area contributed by atoms with Crippen molar-refractivity contribution in [3.05, 3.63) is 149 Å². The second-order valence-corrected chi connectivity index (χ2v) is 13.5. The van der Waals surface area contributed by atoms with Crippen molar-refractivity contribution >= 4 is 43.6 Å². The molecule has 4 aromatic heterocycles. The number of aryl methyl sites for hydroxylation is 5. The van der Waals surface area contributed by atoms with E-state index in [1.807, 2.05) is 36.0 Å². The Morgan fingerprint density at radius 3 is 1.92 bits per heavy atom. The Kier molecular flexibility index (Phi) is 6.71. The number of rotatable bonds is 5. The van der Waals surface area contributed by atoms with Gasteiger partial charge in [0, 0.05) is 51.1 Å². The molecule has 0 radical (unpaired) electrons. The van der Waals surface area contributed by atoms with E-state index in [0.717, 1.165) is 67.6 Å². The molecule has 0 bridgehead atoms. The summed E-state index contributed by atoms with van der Waals surface area (Å²) in [6.45, 7) is 12.9. The summed E-state index contributed by atoms with van der Waals surface area (Å²) in [6, 6.07) is 38.3. The van der Waals surface area contributed by atoms with Gasteiger partial charge in [0.1, 0.15) is 17.3 Å². The third-order valence-corrected chi connectivity index (χ3v) is 10.0. The Morgan fingerprint density at radius 2 is 1.20 bits per heavy atom. The molecule has 0 N–H and O–H groups in total. The average Bonchev–Trinajstić information content (AvgIpc) is 3.75. The highest BCUT2D eigenvalue weighted by Crippen LogP contribution is 2.40. The fourth-order valence-corrected chi connectivity index (χ4v) is 7.92. The largest absolute Gasteiger partial charge is 0.457 e. The maximum Gasteiger partial charge on any atom is 0.142 e. The molecule has 0 atom stereocenters. The highest BCUT2D eigenvalue weighted by Gasteiger charge is 2.22. The van der Waals surface area contributed by atoms with Crippen molar-refractivity contribution < 1.29 is 4.74 Å². The SMILES string of the molecule is Cc1cc(C)n(-c2cccc(Oc3ccc4c5ccccc5n(-c5ncc(C)c(-n6c7c(C)cccc7c7cccc(C)c76)c5C)c4c3)c2)n1. The smallest absolute Gasteiger partial charge is 0.142 e. The van der Waals surface area contributed by atoms with Gasteiger partial charge in [-0.1, -0.05) is 60.7 Å². The van der Waals surface area contributed by atoms with Crippen LogP contribution in [0.5, 0.6) is 11.5 Å². The van der Waals surface area contributed by atoms with Crippen LogP contribution in [0.15, 0.2) is 115 Å². The number of aromatic nitrogens is 5. The van der Waals surface area contributed by atoms with Crippen molar-refractivity contribution in [2.45, 2.75) is 41.5 Å². The summed E-state index contributed by atoms with van der Waals surface area (Å²) in [5, 5.41) is 9.52. The maximum atomic E-state index is 6.56. The topological polar surface area (TPSA) is 49.8 Å². The van der Waals surface area contributed by atoms with Crippen LogP contribution in [0.25, 0.3) is 60.8 Å². The number of fused-ring (bicyclic) bond motifs is 6. The molecule has 9 rings (SSSR count). The summed E-state index contributed by atoms with van der Waals surface area (Å²) < 4.78 is 13.3. The number of para-hydroxylation sites is 3. The normalized spacial score (nSPS) is 11.8. The van der Waals surface area contributed by atoms with Gasteiger partial charge in [0.25, 0.3) is 0 Å². The van der Waals surface area contributed by atoms with E-state index in [1.54, 1.807) is 0 Å². The van der Waals surface area contributed by atoms with Crippen molar-refractivity contribution in [1.82, 2.24) is 23.9 Å². The van der Waals surface area contributed by atoms with E-state index in [9.17, 15) is 0 Å². The lowest BCUT2D eigenvalue weighted by molar-refractivity contribution is 0.482. The van der Waals surface area contributed by atoms with Gasteiger partial charge in [-0.3, -0.25) is 4.57 Å². The fourth-order valence-electron chi connectivity index (χ4n) is 7.92. The van der Waals surface area contributed by atoms with Crippen molar-refractivity contribution in [3.63, 3.8) is 0 Å². The maximum absolute atomic E-state index is 6.56. The second kappa shape index (κ2) is 11.2. The van der Waals surface area contributed by atoms with Crippen LogP contribution in [0.2, 0.25) is 0 Å². The highest BCUT2D eigenvalue weighted by molar-refractivity contribution is 6.12. The molecule has 0 aliphatic carbocycles. The molecule has 0 saturated carbocycles. The van der Waals surface area contributed by atoms with Crippen LogP contribution in [0.4, 0.5) is 0 Å². The first-order valence-corrected chi connectivity index (χ1v) is 17.1. The second-order valence-electron chi connectivity index (χ2n) is 13.5. The molecule has 9 aromatic rings. The summed E-state index contributed by atoms with van der Waals surface area (Å²) >= 11 is 0. The summed E-state index contributed by atoms with van der Waals surface area (Å²) in [7, 11) is 0. The van der Waals surface area contributed by atoms with Gasteiger partial charge in [0.2, 0.25) is 0 Å². The molecular formula is C44H37N5O. The van der Waals surface area contributed by atoms with E-state index in [2.05, 4.69) is 140 Å². The van der Waals surface area contributed by atoms with Gasteiger partial charge in [0.05, 0.1) is 39.1 Å². The van der Waals surface area contributed by atoms with Gasteiger partial charge in [-0.05, 0) is 94.6 Å². The lowest BCUT2D eigenvalue weighted by atomic mass is 10.1. The molecule has 0 aliphatic rings. The number of ether oxygens (including phenoxy) is 1. The lowest BCUT2D eigenvalue weighted by Gasteiger charge is -2.19. The minimum Gasteiger partial charge on any atom is -0.457 e. The average molecular weight is 652 g/mol. The number of pyridine rings is 1. The van der Waals surface area contributed by atoms with E-state index in [-0.39, 0.29) is 0 Å². The third-order valence-electron chi connectivity index (χ3n) is 10.0. The van der Waals surface area contributed by atoms with Crippen LogP contribution in [-0.2, 0) is 0 Å². The lowest BCUT2D eigenvalue weighted by Crippen LogP contribution is -2.08. The summed E-state index contributed by atoms with van der Waals surface area (Å²) in [6.07, 6.45) is 2.03. The van der Waals surface area contributed by atoms with Gasteiger partial charge in [0.15, 0.2) is 0 Å². The quantitative estimate of drug-likeness (QED) is 0.186. The predicted octanol–water partition coefficient (Wildman–Crippen LogP) is 11.1. The Balaban J connectivity index is 1.25. The summed E-state index contributed by atoms with van der Waals surface area (Å²) in [5.74, 6) is 2.41. The molecule has 0 unspecified atom stereocenters. The fraction of sp³-hybridized carbons (Fsp3) is 0.136. The van der Waals surface area contributed by atoms with Crippen LogP contribution in [0.3, 0.4) is 0 Å². The summed E-state index contributed by atoms with van der Waals surface area (Å²) in [4.78, 5) is 5.16. The number of benzene rings is 5. The van der Waals surface area contributed by atoms with Crippen molar-refractivity contribution in [3.8, 4) is 28.7 Å². The Bertz CT molecular complexity index is 2750. The number of hydrogen-bond donors (Lipinski definition) is 0. The molecule has 6 nitrogen and oxygen atoms in total. The zero-order valence-electron chi connectivity index (χ0n) is 29.1. The molecule has 0 spiro atoms. The zero-order chi connectivity index (χ0) is 34.3. The van der Waals surface area contributed by atoms with Crippen molar-refractivity contribution in [2.75, 3.05) is 0 Å². The van der Waals surface area contributed by atoms with E-state index >= 15 is 0 Å². The van der Waals surface area contributed by atoms with Crippen LogP contribution >= 0.6 is 0 Å². The van der Waals surface area contributed by atoms with Gasteiger partial charge < -0.3 is 9.30 Å². The predicted molar refractivity (Wildman–Crippen MR) is 205 cm³/mol. The molecule has 0 aliphatic heterocycles. The first kappa shape index (κ1) is 30.0. The molecule has 6 heteroatoms. The summed E-state index contributed by atoms with van der Waals surface area (Å²) in [5.41, 5.74) is 13.5.